The van der Waals surface area contributed by atoms with E-state index in [1.807, 2.05) is 0 Å². The van der Waals surface area contributed by atoms with Crippen LogP contribution >= 0.6 is 113 Å². The number of thiophene rings is 8. The third-order valence-electron chi connectivity index (χ3n) is 31.8. The van der Waals surface area contributed by atoms with Gasteiger partial charge in [0, 0.05) is 68.3 Å². The number of hydrogen-bond acceptors (Lipinski definition) is 10. The Hall–Kier alpha value is -2.98. The second kappa shape index (κ2) is 83.4. The molecule has 2 nitrogen and oxygen atoms in total. The van der Waals surface area contributed by atoms with Crippen molar-refractivity contribution < 1.29 is 9.53 Å². The van der Waals surface area contributed by atoms with Crippen LogP contribution in [0.3, 0.4) is 0 Å². The van der Waals surface area contributed by atoms with Crippen molar-refractivity contribution in [2.75, 3.05) is 0 Å². The molecule has 0 fully saturated rings. The van der Waals surface area contributed by atoms with Gasteiger partial charge >= 0.3 is 5.97 Å². The van der Waals surface area contributed by atoms with Gasteiger partial charge in [0.25, 0.3) is 0 Å². The van der Waals surface area contributed by atoms with Crippen LogP contribution in [0, 0.1) is 2.88 Å². The average molecular weight is 2270 g/mol. The summed E-state index contributed by atoms with van der Waals surface area (Å²) in [6.45, 7) is 19.1. The molecule has 8 aromatic heterocycles. The van der Waals surface area contributed by atoms with Crippen LogP contribution < -0.4 is 0 Å². The lowest BCUT2D eigenvalue weighted by Gasteiger charge is -2.06. The highest BCUT2D eigenvalue weighted by molar-refractivity contribution is 14.1. The SMILES string of the molecule is CCCCCCCCCCCCc1cc(-c2sc(-c3sc(-c4sc(-c5sc(-c6sc(-c7sc(-c8sc(I)cc8CCCCCCCCCCCC)cc7CCCCCCCCCCCC)cc6CCCCCCCCCCCC)cc5CCCCCCCCCCCC)cc4CCCCCCCCCCCC)cc3CCCCCCCCCCCC)cc2CCCCCCCCCCCC)sc1C(=O)OCc1ccccc1. The summed E-state index contributed by atoms with van der Waals surface area (Å²) >= 11 is 19.5. The zero-order valence-corrected chi connectivity index (χ0v) is 105. The first-order valence-electron chi connectivity index (χ1n) is 63.5. The van der Waals surface area contributed by atoms with Crippen molar-refractivity contribution in [2.45, 2.75) is 627 Å². The van der Waals surface area contributed by atoms with E-state index in [1.165, 1.54) is 575 Å². The molecule has 147 heavy (non-hydrogen) atoms. The molecule has 0 bridgehead atoms. The van der Waals surface area contributed by atoms with Crippen molar-refractivity contribution in [1.29, 1.82) is 0 Å². The third kappa shape index (κ3) is 51.9. The van der Waals surface area contributed by atoms with E-state index in [9.17, 15) is 4.79 Å². The molecule has 0 saturated heterocycles. The minimum Gasteiger partial charge on any atom is -0.457 e. The van der Waals surface area contributed by atoms with Crippen LogP contribution in [0.2, 0.25) is 0 Å². The van der Waals surface area contributed by atoms with E-state index < -0.39 is 0 Å². The van der Waals surface area contributed by atoms with Gasteiger partial charge in [-0.05, 0) is 224 Å². The van der Waals surface area contributed by atoms with Crippen molar-refractivity contribution in [2.24, 2.45) is 0 Å². The largest absolute Gasteiger partial charge is 0.457 e. The summed E-state index contributed by atoms with van der Waals surface area (Å²) in [6.07, 6.45) is 117. The van der Waals surface area contributed by atoms with E-state index >= 15 is 0 Å². The summed E-state index contributed by atoms with van der Waals surface area (Å²) in [6, 6.07) is 32.1. The van der Waals surface area contributed by atoms with E-state index in [4.69, 9.17) is 4.74 Å². The number of esters is 1. The molecule has 1 aromatic carbocycles. The van der Waals surface area contributed by atoms with Crippen molar-refractivity contribution in [3.8, 4) is 68.3 Å². The Morgan fingerprint density at radius 2 is 0.347 bits per heavy atom. The Morgan fingerprint density at radius 3 is 0.544 bits per heavy atom. The maximum absolute atomic E-state index is 14.9. The molecule has 0 saturated carbocycles. The second-order valence-corrected chi connectivity index (χ2v) is 55.5. The minimum absolute atomic E-state index is 0.149. The van der Waals surface area contributed by atoms with Crippen LogP contribution in [0.15, 0.2) is 78.9 Å². The first-order valence-corrected chi connectivity index (χ1v) is 71.1. The summed E-state index contributed by atoms with van der Waals surface area (Å²) in [4.78, 5) is 37.0. The number of halogens is 1. The summed E-state index contributed by atoms with van der Waals surface area (Å²) in [5, 5.41) is 0. The van der Waals surface area contributed by atoms with E-state index in [0.29, 0.717) is 6.61 Å². The van der Waals surface area contributed by atoms with Crippen LogP contribution in [0.4, 0.5) is 0 Å². The standard InChI is InChI=1S/C136H215IO2S8/c1-9-17-25-33-41-49-57-65-73-84-94-112-102-120(140-129(112)121-104-114(96-86-75-67-59-51-43-35-27-19-11-3)131(142-121)123-106-116(98-88-77-69-61-53-45-37-29-21-13-5)133(144-123)125-108-118(100-90-79-71-63-55-47-39-31-23-15-7)135(146-125)136(138)139-110-111-92-82-81-83-93-111)128-113(95-85-74-66-58-50-42-34-26-18-10-2)103-122(141-128)130-115(97-87-76-68-60-52-44-36-28-20-12-4)105-124(143-130)132-117(99-89-78-70-62-54-46-38-30-22-14-6)107-126(145-132)134-119(109-127(137)147-134)101-91-80-72-64-56-48-40-32-24-16-8/h81-83,92-93,102-109H,9-80,84-91,94-101,110H2,1-8H3. The fourth-order valence-electron chi connectivity index (χ4n) is 22.5. The highest BCUT2D eigenvalue weighted by atomic mass is 127. The van der Waals surface area contributed by atoms with Gasteiger partial charge in [-0.2, -0.15) is 0 Å². The smallest absolute Gasteiger partial charge is 0.348 e. The molecule has 826 valence electrons. The molecule has 8 heterocycles. The number of ether oxygens (including phenoxy) is 1. The number of carbonyl (C=O) groups excluding carboxylic acids is 1. The quantitative estimate of drug-likeness (QED) is 0.0216. The maximum atomic E-state index is 14.9. The van der Waals surface area contributed by atoms with Gasteiger partial charge in [-0.25, -0.2) is 4.79 Å². The van der Waals surface area contributed by atoms with Crippen molar-refractivity contribution in [1.82, 2.24) is 0 Å². The Labute approximate surface area is 951 Å². The molecule has 0 atom stereocenters. The molecular weight excluding hydrogens is 2050 g/mol. The predicted molar refractivity (Wildman–Crippen MR) is 680 cm³/mol. The molecule has 0 spiro atoms. The van der Waals surface area contributed by atoms with Gasteiger partial charge in [0.05, 0.1) is 2.88 Å². The molecule has 0 amide bonds. The number of aryl methyl sites for hydroxylation is 8. The average Bonchev–Trinajstić information content (AvgIpc) is 1.61. The topological polar surface area (TPSA) is 26.3 Å². The highest BCUT2D eigenvalue weighted by Crippen LogP contribution is 2.55. The molecule has 0 radical (unpaired) electrons. The van der Waals surface area contributed by atoms with Crippen molar-refractivity contribution >= 4 is 119 Å². The summed E-state index contributed by atoms with van der Waals surface area (Å²) < 4.78 is 7.83. The molecule has 0 aliphatic heterocycles. The predicted octanol–water partition coefficient (Wildman–Crippen LogP) is 51.5. The number of benzene rings is 1. The zero-order valence-electron chi connectivity index (χ0n) is 95.9. The van der Waals surface area contributed by atoms with E-state index in [1.54, 1.807) is 78.9 Å². The second-order valence-electron chi connectivity index (χ2n) is 45.2. The Bertz CT molecular complexity index is 4690. The lowest BCUT2D eigenvalue weighted by molar-refractivity contribution is 0.0477. The lowest BCUT2D eigenvalue weighted by Crippen LogP contribution is -2.05. The lowest BCUT2D eigenvalue weighted by atomic mass is 10.0. The minimum atomic E-state index is -0.149. The Kier molecular flexibility index (Phi) is 72.3. The third-order valence-corrected chi connectivity index (χ3v) is 43.2. The summed E-state index contributed by atoms with van der Waals surface area (Å²) in [7, 11) is 0. The van der Waals surface area contributed by atoms with Crippen LogP contribution in [-0.2, 0) is 62.7 Å². The van der Waals surface area contributed by atoms with Crippen LogP contribution in [0.1, 0.15) is 629 Å². The summed E-state index contributed by atoms with van der Waals surface area (Å²) in [5.74, 6) is -0.149. The molecule has 0 aliphatic carbocycles. The van der Waals surface area contributed by atoms with Gasteiger partial charge in [-0.3, -0.25) is 0 Å². The Balaban J connectivity index is 1.16. The molecule has 0 N–H and O–H groups in total. The first-order chi connectivity index (χ1) is 72.6. The van der Waals surface area contributed by atoms with Gasteiger partial charge in [0.2, 0.25) is 0 Å². The van der Waals surface area contributed by atoms with Gasteiger partial charge in [0.15, 0.2) is 0 Å². The van der Waals surface area contributed by atoms with E-state index in [-0.39, 0.29) is 5.97 Å². The number of rotatable bonds is 98. The number of unbranched alkanes of at least 4 members (excludes halogenated alkanes) is 72. The fourth-order valence-corrected chi connectivity index (χ4v) is 33.8. The number of carbonyl (C=O) groups is 1. The van der Waals surface area contributed by atoms with Crippen LogP contribution in [-0.4, -0.2) is 5.97 Å². The Morgan fingerprint density at radius 1 is 0.190 bits per heavy atom. The number of hydrogen-bond donors (Lipinski definition) is 0. The monoisotopic (exact) mass is 2260 g/mol. The highest BCUT2D eigenvalue weighted by Gasteiger charge is 2.29. The van der Waals surface area contributed by atoms with Gasteiger partial charge < -0.3 is 4.74 Å². The van der Waals surface area contributed by atoms with Crippen LogP contribution in [0.5, 0.6) is 0 Å². The molecule has 9 rings (SSSR count). The first kappa shape index (κ1) is 127. The van der Waals surface area contributed by atoms with E-state index in [0.717, 1.165) is 49.0 Å². The summed E-state index contributed by atoms with van der Waals surface area (Å²) in [5.41, 5.74) is 13.4. The van der Waals surface area contributed by atoms with E-state index in [2.05, 4.69) is 236 Å². The van der Waals surface area contributed by atoms with Gasteiger partial charge in [0.1, 0.15) is 11.5 Å². The van der Waals surface area contributed by atoms with Crippen LogP contribution in [0.25, 0.3) is 68.3 Å². The maximum Gasteiger partial charge on any atom is 0.348 e. The fraction of sp³-hybridized carbons (Fsp3) is 0.713. The van der Waals surface area contributed by atoms with Gasteiger partial charge in [-0.15, -0.1) is 90.7 Å². The normalized spacial score (nSPS) is 11.8. The zero-order chi connectivity index (χ0) is 103. The molecule has 0 unspecified atom stereocenters. The van der Waals surface area contributed by atoms with Gasteiger partial charge in [-0.1, -0.05) is 548 Å². The van der Waals surface area contributed by atoms with Crippen molar-refractivity contribution in [3.05, 3.63) is 137 Å². The molecule has 9 aromatic rings. The molecule has 11 heteroatoms. The molecular formula is C136H215IO2S8. The van der Waals surface area contributed by atoms with Crippen molar-refractivity contribution in [3.63, 3.8) is 0 Å². The molecule has 0 aliphatic rings.